The van der Waals surface area contributed by atoms with E-state index in [1.807, 2.05) is 0 Å². The van der Waals surface area contributed by atoms with E-state index in [-0.39, 0.29) is 5.97 Å². The van der Waals surface area contributed by atoms with E-state index in [1.54, 1.807) is 0 Å². The van der Waals surface area contributed by atoms with Gasteiger partial charge in [-0.2, -0.15) is 0 Å². The molecular formula is C11H20N4O2. The molecule has 0 heterocycles. The van der Waals surface area contributed by atoms with Crippen LogP contribution in [0.1, 0.15) is 32.6 Å². The molecule has 0 bridgehead atoms. The van der Waals surface area contributed by atoms with E-state index >= 15 is 0 Å². The molecule has 1 aliphatic carbocycles. The van der Waals surface area contributed by atoms with Gasteiger partial charge in [0.1, 0.15) is 5.54 Å². The number of nitrogens with one attached hydrogen (secondary N) is 1. The number of ether oxygens (including phenoxy) is 1. The lowest BCUT2D eigenvalue weighted by atomic mass is 9.76. The first kappa shape index (κ1) is 13.8. The van der Waals surface area contributed by atoms with E-state index in [1.165, 1.54) is 7.11 Å². The Labute approximate surface area is 101 Å². The SMILES string of the molecule is COC(=O)C1(NCCN=[N+]=[N-])CCCC(C)C1. The molecule has 1 N–H and O–H groups in total. The Hall–Kier alpha value is -1.26. The van der Waals surface area contributed by atoms with Crippen LogP contribution in [0, 0.1) is 5.92 Å². The lowest BCUT2D eigenvalue weighted by Crippen LogP contribution is -2.55. The zero-order valence-electron chi connectivity index (χ0n) is 10.5. The topological polar surface area (TPSA) is 87.1 Å². The van der Waals surface area contributed by atoms with Crippen molar-refractivity contribution in [2.24, 2.45) is 11.0 Å². The number of azide groups is 1. The summed E-state index contributed by atoms with van der Waals surface area (Å²) in [4.78, 5) is 14.6. The summed E-state index contributed by atoms with van der Waals surface area (Å²) in [6, 6.07) is 0. The monoisotopic (exact) mass is 240 g/mol. The molecule has 0 aromatic rings. The molecule has 1 rings (SSSR count). The van der Waals surface area contributed by atoms with E-state index in [0.29, 0.717) is 19.0 Å². The number of carbonyl (C=O) groups excluding carboxylic acids is 1. The minimum Gasteiger partial charge on any atom is -0.468 e. The molecule has 0 radical (unpaired) electrons. The van der Waals surface area contributed by atoms with Crippen molar-refractivity contribution in [1.29, 1.82) is 0 Å². The second-order valence-electron chi connectivity index (χ2n) is 4.66. The molecule has 96 valence electrons. The van der Waals surface area contributed by atoms with E-state index < -0.39 is 5.54 Å². The number of methoxy groups -OCH3 is 1. The summed E-state index contributed by atoms with van der Waals surface area (Å²) in [5, 5.41) is 6.67. The highest BCUT2D eigenvalue weighted by molar-refractivity contribution is 5.80. The Morgan fingerprint density at radius 3 is 3.06 bits per heavy atom. The van der Waals surface area contributed by atoms with Gasteiger partial charge in [0.05, 0.1) is 7.11 Å². The lowest BCUT2D eigenvalue weighted by molar-refractivity contribution is -0.150. The Bertz CT molecular complexity index is 315. The summed E-state index contributed by atoms with van der Waals surface area (Å²) in [6.07, 6.45) is 3.75. The molecule has 0 amide bonds. The van der Waals surface area contributed by atoms with Gasteiger partial charge in [-0.3, -0.25) is 4.79 Å². The van der Waals surface area contributed by atoms with Gasteiger partial charge in [-0.1, -0.05) is 24.9 Å². The highest BCUT2D eigenvalue weighted by atomic mass is 16.5. The highest BCUT2D eigenvalue weighted by Crippen LogP contribution is 2.33. The lowest BCUT2D eigenvalue weighted by Gasteiger charge is -2.38. The number of hydrogen-bond acceptors (Lipinski definition) is 4. The molecule has 1 fully saturated rings. The van der Waals surface area contributed by atoms with Crippen molar-refractivity contribution in [3.8, 4) is 0 Å². The third-order valence-corrected chi connectivity index (χ3v) is 3.31. The van der Waals surface area contributed by atoms with Gasteiger partial charge in [-0.15, -0.1) is 0 Å². The van der Waals surface area contributed by atoms with Crippen LogP contribution >= 0.6 is 0 Å². The first-order chi connectivity index (χ1) is 8.14. The summed E-state index contributed by atoms with van der Waals surface area (Å²) in [5.41, 5.74) is 7.62. The van der Waals surface area contributed by atoms with Crippen LogP contribution in [0.25, 0.3) is 10.4 Å². The molecule has 1 aliphatic rings. The normalized spacial score (nSPS) is 28.2. The van der Waals surface area contributed by atoms with E-state index in [2.05, 4.69) is 22.3 Å². The molecule has 0 spiro atoms. The van der Waals surface area contributed by atoms with Crippen LogP contribution < -0.4 is 5.32 Å². The van der Waals surface area contributed by atoms with Crippen molar-refractivity contribution in [3.63, 3.8) is 0 Å². The van der Waals surface area contributed by atoms with E-state index in [9.17, 15) is 4.79 Å². The number of esters is 1. The maximum absolute atomic E-state index is 11.9. The smallest absolute Gasteiger partial charge is 0.326 e. The van der Waals surface area contributed by atoms with Crippen LogP contribution in [0.4, 0.5) is 0 Å². The first-order valence-electron chi connectivity index (χ1n) is 5.99. The molecule has 6 heteroatoms. The number of carbonyl (C=O) groups is 1. The third kappa shape index (κ3) is 3.61. The second-order valence-corrected chi connectivity index (χ2v) is 4.66. The van der Waals surface area contributed by atoms with E-state index in [4.69, 9.17) is 10.3 Å². The minimum absolute atomic E-state index is 0.204. The van der Waals surface area contributed by atoms with E-state index in [0.717, 1.165) is 25.7 Å². The van der Waals surface area contributed by atoms with Crippen LogP contribution in [0.15, 0.2) is 5.11 Å². The van der Waals surface area contributed by atoms with Gasteiger partial charge >= 0.3 is 5.97 Å². The van der Waals surface area contributed by atoms with Crippen molar-refractivity contribution in [2.45, 2.75) is 38.1 Å². The molecule has 17 heavy (non-hydrogen) atoms. The Morgan fingerprint density at radius 2 is 2.47 bits per heavy atom. The van der Waals surface area contributed by atoms with Gasteiger partial charge < -0.3 is 10.1 Å². The van der Waals surface area contributed by atoms with Gasteiger partial charge in [-0.05, 0) is 24.3 Å². The van der Waals surface area contributed by atoms with Gasteiger partial charge in [0, 0.05) is 18.0 Å². The zero-order valence-corrected chi connectivity index (χ0v) is 10.5. The quantitative estimate of drug-likeness (QED) is 0.262. The summed E-state index contributed by atoms with van der Waals surface area (Å²) in [6.45, 7) is 3.00. The average molecular weight is 240 g/mol. The predicted octanol–water partition coefficient (Wildman–Crippen LogP) is 2.01. The third-order valence-electron chi connectivity index (χ3n) is 3.31. The largest absolute Gasteiger partial charge is 0.468 e. The number of hydrogen-bond donors (Lipinski definition) is 1. The van der Waals surface area contributed by atoms with Crippen LogP contribution in [0.3, 0.4) is 0 Å². The molecule has 0 aliphatic heterocycles. The fraction of sp³-hybridized carbons (Fsp3) is 0.909. The highest BCUT2D eigenvalue weighted by Gasteiger charge is 2.42. The molecule has 0 aromatic heterocycles. The van der Waals surface area contributed by atoms with Gasteiger partial charge in [0.15, 0.2) is 0 Å². The van der Waals surface area contributed by atoms with Crippen molar-refractivity contribution < 1.29 is 9.53 Å². The summed E-state index contributed by atoms with van der Waals surface area (Å²) >= 11 is 0. The molecule has 1 saturated carbocycles. The Kier molecular flexibility index (Phi) is 5.25. The van der Waals surface area contributed by atoms with Crippen LogP contribution in [0.2, 0.25) is 0 Å². The van der Waals surface area contributed by atoms with Crippen molar-refractivity contribution in [1.82, 2.24) is 5.32 Å². The fourth-order valence-corrected chi connectivity index (χ4v) is 2.55. The summed E-state index contributed by atoms with van der Waals surface area (Å²) in [7, 11) is 1.42. The summed E-state index contributed by atoms with van der Waals surface area (Å²) < 4.78 is 4.89. The van der Waals surface area contributed by atoms with Crippen molar-refractivity contribution in [2.75, 3.05) is 20.2 Å². The van der Waals surface area contributed by atoms with Crippen molar-refractivity contribution >= 4 is 5.97 Å². The maximum atomic E-state index is 11.9. The second kappa shape index (κ2) is 6.47. The summed E-state index contributed by atoms with van der Waals surface area (Å²) in [5.74, 6) is 0.305. The number of rotatable bonds is 5. The standard InChI is InChI=1S/C11H20N4O2/c1-9-4-3-5-11(8-9,10(16)17-2)13-6-7-14-15-12/h9,13H,3-8H2,1-2H3. The Balaban J connectivity index is 2.64. The molecule has 2 atom stereocenters. The van der Waals surface area contributed by atoms with Crippen molar-refractivity contribution in [3.05, 3.63) is 10.4 Å². The Morgan fingerprint density at radius 1 is 1.71 bits per heavy atom. The van der Waals surface area contributed by atoms with Gasteiger partial charge in [0.25, 0.3) is 0 Å². The van der Waals surface area contributed by atoms with Crippen LogP contribution in [-0.4, -0.2) is 31.7 Å². The molecule has 0 saturated heterocycles. The average Bonchev–Trinajstić information content (AvgIpc) is 2.34. The van der Waals surface area contributed by atoms with Crippen LogP contribution in [0.5, 0.6) is 0 Å². The fourth-order valence-electron chi connectivity index (χ4n) is 2.55. The molecule has 6 nitrogen and oxygen atoms in total. The maximum Gasteiger partial charge on any atom is 0.326 e. The van der Waals surface area contributed by atoms with Gasteiger partial charge in [-0.25, -0.2) is 0 Å². The first-order valence-corrected chi connectivity index (χ1v) is 5.99. The molecule has 2 unspecified atom stereocenters. The van der Waals surface area contributed by atoms with Gasteiger partial charge in [0.2, 0.25) is 0 Å². The molecular weight excluding hydrogens is 220 g/mol. The predicted molar refractivity (Wildman–Crippen MR) is 64.4 cm³/mol. The minimum atomic E-state index is -0.586. The van der Waals surface area contributed by atoms with Crippen LogP contribution in [-0.2, 0) is 9.53 Å². The number of nitrogens with zero attached hydrogens (tertiary/aromatic N) is 3. The molecule has 0 aromatic carbocycles. The zero-order chi connectivity index (χ0) is 12.7.